The topological polar surface area (TPSA) is 27.8 Å². The van der Waals surface area contributed by atoms with Gasteiger partial charge < -0.3 is 10.3 Å². The van der Waals surface area contributed by atoms with Gasteiger partial charge in [-0.2, -0.15) is 0 Å². The molecule has 1 aliphatic rings. The van der Waals surface area contributed by atoms with Crippen molar-refractivity contribution in [1.29, 1.82) is 0 Å². The van der Waals surface area contributed by atoms with Gasteiger partial charge in [-0.15, -0.1) is 0 Å². The third-order valence-corrected chi connectivity index (χ3v) is 3.71. The van der Waals surface area contributed by atoms with E-state index in [1.807, 2.05) is 6.92 Å². The van der Waals surface area contributed by atoms with Crippen LogP contribution in [0.25, 0.3) is 10.9 Å². The molecule has 0 spiro atoms. The van der Waals surface area contributed by atoms with Gasteiger partial charge >= 0.3 is 0 Å². The molecule has 0 radical (unpaired) electrons. The number of hydrogen-bond acceptors (Lipinski definition) is 1. The summed E-state index contributed by atoms with van der Waals surface area (Å²) in [5.74, 6) is -3.63. The molecule has 0 fully saturated rings. The maximum Gasteiger partial charge on any atom is 0.195 e. The first-order chi connectivity index (χ1) is 9.13. The van der Waals surface area contributed by atoms with Gasteiger partial charge in [0.05, 0.1) is 5.52 Å². The van der Waals surface area contributed by atoms with Gasteiger partial charge in [-0.05, 0) is 25.8 Å². The number of fused-ring (bicyclic) bond motifs is 3. The van der Waals surface area contributed by atoms with Crippen molar-refractivity contribution < 1.29 is 13.2 Å². The third-order valence-electron chi connectivity index (χ3n) is 3.71. The van der Waals surface area contributed by atoms with Crippen LogP contribution in [-0.4, -0.2) is 11.5 Å². The van der Waals surface area contributed by atoms with Crippen LogP contribution in [0.5, 0.6) is 0 Å². The van der Waals surface area contributed by atoms with E-state index in [2.05, 4.69) is 10.3 Å². The summed E-state index contributed by atoms with van der Waals surface area (Å²) in [4.78, 5) is 3.00. The average molecular weight is 268 g/mol. The van der Waals surface area contributed by atoms with Gasteiger partial charge in [0, 0.05) is 28.8 Å². The monoisotopic (exact) mass is 268 g/mol. The summed E-state index contributed by atoms with van der Waals surface area (Å²) in [6, 6.07) is 1.05. The fourth-order valence-corrected chi connectivity index (χ4v) is 2.88. The smallest absolute Gasteiger partial charge is 0.195 e. The van der Waals surface area contributed by atoms with Crippen molar-refractivity contribution in [3.05, 3.63) is 34.8 Å². The van der Waals surface area contributed by atoms with Gasteiger partial charge in [0.2, 0.25) is 0 Å². The zero-order chi connectivity index (χ0) is 13.6. The highest BCUT2D eigenvalue weighted by Gasteiger charge is 2.29. The molecule has 0 saturated heterocycles. The molecule has 19 heavy (non-hydrogen) atoms. The van der Waals surface area contributed by atoms with Crippen LogP contribution < -0.4 is 5.32 Å². The molecule has 2 N–H and O–H groups in total. The Balaban J connectivity index is 2.16. The number of benzene rings is 1. The van der Waals surface area contributed by atoms with Crippen molar-refractivity contribution in [3.8, 4) is 0 Å². The minimum Gasteiger partial charge on any atom is -0.358 e. The lowest BCUT2D eigenvalue weighted by Gasteiger charge is -2.13. The number of rotatable bonds is 3. The molecule has 1 unspecified atom stereocenters. The highest BCUT2D eigenvalue weighted by atomic mass is 19.2. The zero-order valence-electron chi connectivity index (χ0n) is 10.6. The Morgan fingerprint density at radius 1 is 1.32 bits per heavy atom. The normalized spacial score (nSPS) is 18.2. The molecule has 0 saturated carbocycles. The second kappa shape index (κ2) is 4.56. The Hall–Kier alpha value is -1.49. The van der Waals surface area contributed by atoms with E-state index >= 15 is 0 Å². The molecule has 1 heterocycles. The molecule has 102 valence electrons. The largest absolute Gasteiger partial charge is 0.358 e. The summed E-state index contributed by atoms with van der Waals surface area (Å²) in [5, 5.41) is 3.52. The molecule has 2 aromatic rings. The maximum absolute atomic E-state index is 14.0. The van der Waals surface area contributed by atoms with Gasteiger partial charge in [-0.3, -0.25) is 0 Å². The lowest BCUT2D eigenvalue weighted by Crippen LogP contribution is -2.20. The predicted octanol–water partition coefficient (Wildman–Crippen LogP) is 3.57. The summed E-state index contributed by atoms with van der Waals surface area (Å²) in [5.41, 5.74) is 1.98. The minimum atomic E-state index is -1.39. The van der Waals surface area contributed by atoms with Crippen molar-refractivity contribution in [2.75, 3.05) is 6.54 Å². The molecule has 0 amide bonds. The first-order valence-electron chi connectivity index (χ1n) is 6.54. The van der Waals surface area contributed by atoms with E-state index in [-0.39, 0.29) is 11.4 Å². The van der Waals surface area contributed by atoms with Gasteiger partial charge in [0.15, 0.2) is 17.5 Å². The molecule has 1 aliphatic carbocycles. The first kappa shape index (κ1) is 12.5. The number of nitrogens with one attached hydrogen (secondary N) is 2. The fraction of sp³-hybridized carbons (Fsp3) is 0.429. The Morgan fingerprint density at radius 2 is 2.11 bits per heavy atom. The number of hydrogen-bond donors (Lipinski definition) is 2. The molecule has 1 atom stereocenters. The average Bonchev–Trinajstić information content (AvgIpc) is 2.92. The number of aromatic nitrogens is 1. The van der Waals surface area contributed by atoms with Gasteiger partial charge in [0.1, 0.15) is 0 Å². The van der Waals surface area contributed by atoms with Crippen LogP contribution in [0.1, 0.15) is 37.1 Å². The van der Waals surface area contributed by atoms with Crippen LogP contribution >= 0.6 is 0 Å². The molecule has 0 aliphatic heterocycles. The van der Waals surface area contributed by atoms with Crippen LogP contribution in [-0.2, 0) is 6.42 Å². The van der Waals surface area contributed by atoms with E-state index in [4.69, 9.17) is 0 Å². The van der Waals surface area contributed by atoms with Crippen LogP contribution in [0.4, 0.5) is 13.2 Å². The van der Waals surface area contributed by atoms with E-state index in [1.165, 1.54) is 0 Å². The minimum absolute atomic E-state index is 0.0167. The summed E-state index contributed by atoms with van der Waals surface area (Å²) in [6.45, 7) is 2.87. The van der Waals surface area contributed by atoms with E-state index in [9.17, 15) is 13.2 Å². The Bertz CT molecular complexity index is 633. The van der Waals surface area contributed by atoms with Crippen LogP contribution in [0.2, 0.25) is 0 Å². The van der Waals surface area contributed by atoms with Crippen LogP contribution in [0.3, 0.4) is 0 Å². The summed E-state index contributed by atoms with van der Waals surface area (Å²) in [6.07, 6.45) is 2.60. The highest BCUT2D eigenvalue weighted by Crippen LogP contribution is 2.39. The predicted molar refractivity (Wildman–Crippen MR) is 67.5 cm³/mol. The van der Waals surface area contributed by atoms with Crippen LogP contribution in [0, 0.1) is 17.5 Å². The Kier molecular flexibility index (Phi) is 3.01. The number of H-pyrrole nitrogens is 1. The second-order valence-electron chi connectivity index (χ2n) is 4.97. The molecule has 1 aromatic carbocycles. The second-order valence-corrected chi connectivity index (χ2v) is 4.97. The number of halogens is 3. The van der Waals surface area contributed by atoms with Crippen LogP contribution in [0.15, 0.2) is 6.07 Å². The van der Waals surface area contributed by atoms with Crippen molar-refractivity contribution in [1.82, 2.24) is 10.3 Å². The third kappa shape index (κ3) is 1.84. The number of aromatic amines is 1. The van der Waals surface area contributed by atoms with Crippen molar-refractivity contribution >= 4 is 10.9 Å². The van der Waals surface area contributed by atoms with E-state index < -0.39 is 17.5 Å². The summed E-state index contributed by atoms with van der Waals surface area (Å²) in [7, 11) is 0. The molecular formula is C14H15F3N2. The molecule has 5 heteroatoms. The summed E-state index contributed by atoms with van der Waals surface area (Å²) < 4.78 is 40.6. The van der Waals surface area contributed by atoms with Crippen molar-refractivity contribution in [2.45, 2.75) is 32.2 Å². The van der Waals surface area contributed by atoms with Gasteiger partial charge in [0.25, 0.3) is 0 Å². The Morgan fingerprint density at radius 3 is 2.84 bits per heavy atom. The standard InChI is InChI=1S/C14H15F3N2/c1-2-5-18-8-3-4-9-11(8)12-10(19-9)6-7(15)13(16)14(12)17/h6,8,18-19H,2-5H2,1H3. The van der Waals surface area contributed by atoms with Gasteiger partial charge in [-0.1, -0.05) is 6.92 Å². The first-order valence-corrected chi connectivity index (χ1v) is 6.54. The SMILES string of the molecule is CCCNC1CCc2[nH]c3cc(F)c(F)c(F)c3c21. The Labute approximate surface area is 109 Å². The fourth-order valence-electron chi connectivity index (χ4n) is 2.88. The number of aryl methyl sites for hydroxylation is 1. The zero-order valence-corrected chi connectivity index (χ0v) is 10.6. The highest BCUT2D eigenvalue weighted by molar-refractivity contribution is 5.86. The lowest BCUT2D eigenvalue weighted by atomic mass is 10.1. The van der Waals surface area contributed by atoms with Gasteiger partial charge in [-0.25, -0.2) is 13.2 Å². The van der Waals surface area contributed by atoms with E-state index in [0.717, 1.165) is 43.1 Å². The molecule has 2 nitrogen and oxygen atoms in total. The molecular weight excluding hydrogens is 253 g/mol. The van der Waals surface area contributed by atoms with E-state index in [1.54, 1.807) is 0 Å². The maximum atomic E-state index is 14.0. The molecule has 3 rings (SSSR count). The van der Waals surface area contributed by atoms with E-state index in [0.29, 0.717) is 5.52 Å². The molecule has 1 aromatic heterocycles. The van der Waals surface area contributed by atoms with Crippen molar-refractivity contribution in [2.24, 2.45) is 0 Å². The lowest BCUT2D eigenvalue weighted by molar-refractivity contribution is 0.452. The van der Waals surface area contributed by atoms with Crippen molar-refractivity contribution in [3.63, 3.8) is 0 Å². The quantitative estimate of drug-likeness (QED) is 0.818. The molecule has 0 bridgehead atoms. The summed E-state index contributed by atoms with van der Waals surface area (Å²) >= 11 is 0.